The highest BCUT2D eigenvalue weighted by atomic mass is 35.5. The third-order valence-electron chi connectivity index (χ3n) is 3.63. The summed E-state index contributed by atoms with van der Waals surface area (Å²) in [6, 6.07) is 0. The molecule has 1 heterocycles. The average Bonchev–Trinajstić information content (AvgIpc) is 2.38. The maximum atomic E-state index is 5.88. The van der Waals surface area contributed by atoms with E-state index in [-0.39, 0.29) is 5.28 Å². The van der Waals surface area contributed by atoms with Crippen LogP contribution >= 0.6 is 11.6 Å². The largest absolute Gasteiger partial charge is 0.354 e. The maximum Gasteiger partial charge on any atom is 0.228 e. The van der Waals surface area contributed by atoms with Gasteiger partial charge in [-0.3, -0.25) is 0 Å². The number of rotatable bonds is 5. The molecule has 0 radical (unpaired) electrons. The predicted octanol–water partition coefficient (Wildman–Crippen LogP) is 3.20. The third kappa shape index (κ3) is 4.49. The molecule has 1 aliphatic carbocycles. The molecule has 0 atom stereocenters. The van der Waals surface area contributed by atoms with E-state index in [1.165, 1.54) is 25.7 Å². The van der Waals surface area contributed by atoms with E-state index >= 15 is 0 Å². The first kappa shape index (κ1) is 14.3. The van der Waals surface area contributed by atoms with Crippen molar-refractivity contribution in [2.45, 2.75) is 39.5 Å². The molecule has 1 aromatic rings. The Kier molecular flexibility index (Phi) is 5.19. The van der Waals surface area contributed by atoms with E-state index in [2.05, 4.69) is 32.5 Å². The Balaban J connectivity index is 1.88. The van der Waals surface area contributed by atoms with Gasteiger partial charge in [-0.15, -0.1) is 0 Å². The Hall–Kier alpha value is -1.10. The molecule has 106 valence electrons. The zero-order valence-corrected chi connectivity index (χ0v) is 12.4. The lowest BCUT2D eigenvalue weighted by Gasteiger charge is -2.26. The highest BCUT2D eigenvalue weighted by molar-refractivity contribution is 6.28. The predicted molar refractivity (Wildman–Crippen MR) is 78.6 cm³/mol. The van der Waals surface area contributed by atoms with Crippen molar-refractivity contribution >= 4 is 23.5 Å². The Labute approximate surface area is 119 Å². The summed E-state index contributed by atoms with van der Waals surface area (Å²) in [5.41, 5.74) is 0. The molecule has 1 aromatic heterocycles. The highest BCUT2D eigenvalue weighted by Crippen LogP contribution is 2.28. The fourth-order valence-electron chi connectivity index (χ4n) is 2.44. The topological polar surface area (TPSA) is 62.7 Å². The number of hydrogen-bond acceptors (Lipinski definition) is 5. The van der Waals surface area contributed by atoms with Gasteiger partial charge in [-0.05, 0) is 43.2 Å². The Morgan fingerprint density at radius 1 is 1.05 bits per heavy atom. The standard InChI is InChI=1S/C13H22ClN5/c1-3-15-12-17-11(14)18-13(19-12)16-8-10-6-4-9(2)5-7-10/h9-10H,3-8H2,1-2H3,(H2,15,16,17,18,19). The average molecular weight is 284 g/mol. The van der Waals surface area contributed by atoms with Crippen LogP contribution in [0.25, 0.3) is 0 Å². The van der Waals surface area contributed by atoms with Crippen molar-refractivity contribution in [2.24, 2.45) is 11.8 Å². The van der Waals surface area contributed by atoms with Crippen molar-refractivity contribution in [1.29, 1.82) is 0 Å². The number of nitrogens with one attached hydrogen (secondary N) is 2. The van der Waals surface area contributed by atoms with Crippen molar-refractivity contribution in [1.82, 2.24) is 15.0 Å². The van der Waals surface area contributed by atoms with Crippen LogP contribution in [-0.2, 0) is 0 Å². The van der Waals surface area contributed by atoms with Gasteiger partial charge in [0.1, 0.15) is 0 Å². The zero-order chi connectivity index (χ0) is 13.7. The Morgan fingerprint density at radius 2 is 1.68 bits per heavy atom. The van der Waals surface area contributed by atoms with Gasteiger partial charge in [0.2, 0.25) is 17.2 Å². The van der Waals surface area contributed by atoms with Gasteiger partial charge in [-0.25, -0.2) is 0 Å². The lowest BCUT2D eigenvalue weighted by atomic mass is 9.83. The van der Waals surface area contributed by atoms with Gasteiger partial charge in [-0.1, -0.05) is 19.8 Å². The molecule has 0 unspecified atom stereocenters. The molecule has 2 N–H and O–H groups in total. The fraction of sp³-hybridized carbons (Fsp3) is 0.769. The minimum atomic E-state index is 0.228. The lowest BCUT2D eigenvalue weighted by molar-refractivity contribution is 0.300. The van der Waals surface area contributed by atoms with E-state index in [0.29, 0.717) is 17.8 Å². The molecule has 19 heavy (non-hydrogen) atoms. The Bertz CT molecular complexity index is 404. The van der Waals surface area contributed by atoms with Crippen molar-refractivity contribution < 1.29 is 0 Å². The molecule has 0 aromatic carbocycles. The molecule has 2 rings (SSSR count). The lowest BCUT2D eigenvalue weighted by Crippen LogP contribution is -2.21. The number of aromatic nitrogens is 3. The summed E-state index contributed by atoms with van der Waals surface area (Å²) in [4.78, 5) is 12.4. The number of anilines is 2. The van der Waals surface area contributed by atoms with Gasteiger partial charge in [0.15, 0.2) is 0 Å². The summed E-state index contributed by atoms with van der Waals surface area (Å²) in [7, 11) is 0. The van der Waals surface area contributed by atoms with Crippen LogP contribution < -0.4 is 10.6 Å². The van der Waals surface area contributed by atoms with Crippen LogP contribution in [-0.4, -0.2) is 28.0 Å². The van der Waals surface area contributed by atoms with Crippen molar-refractivity contribution in [2.75, 3.05) is 23.7 Å². The van der Waals surface area contributed by atoms with Gasteiger partial charge < -0.3 is 10.6 Å². The normalized spacial score (nSPS) is 23.1. The van der Waals surface area contributed by atoms with E-state index in [1.807, 2.05) is 6.92 Å². The molecule has 0 amide bonds. The van der Waals surface area contributed by atoms with Crippen molar-refractivity contribution in [3.63, 3.8) is 0 Å². The van der Waals surface area contributed by atoms with Gasteiger partial charge in [0.25, 0.3) is 0 Å². The van der Waals surface area contributed by atoms with Crippen LogP contribution in [0.4, 0.5) is 11.9 Å². The summed E-state index contributed by atoms with van der Waals surface area (Å²) < 4.78 is 0. The zero-order valence-electron chi connectivity index (χ0n) is 11.6. The first-order valence-electron chi connectivity index (χ1n) is 7.06. The minimum Gasteiger partial charge on any atom is -0.354 e. The van der Waals surface area contributed by atoms with E-state index in [9.17, 15) is 0 Å². The monoisotopic (exact) mass is 283 g/mol. The first-order chi connectivity index (χ1) is 9.17. The van der Waals surface area contributed by atoms with Crippen LogP contribution in [0.1, 0.15) is 39.5 Å². The van der Waals surface area contributed by atoms with Gasteiger partial charge in [-0.2, -0.15) is 15.0 Å². The minimum absolute atomic E-state index is 0.228. The van der Waals surface area contributed by atoms with Crippen LogP contribution in [0.3, 0.4) is 0 Å². The second-order valence-corrected chi connectivity index (χ2v) is 5.63. The van der Waals surface area contributed by atoms with Crippen LogP contribution in [0.5, 0.6) is 0 Å². The third-order valence-corrected chi connectivity index (χ3v) is 3.80. The number of nitrogens with zero attached hydrogens (tertiary/aromatic N) is 3. The molecular formula is C13H22ClN5. The second-order valence-electron chi connectivity index (χ2n) is 5.29. The molecule has 1 aliphatic rings. The van der Waals surface area contributed by atoms with Crippen molar-refractivity contribution in [3.8, 4) is 0 Å². The molecule has 0 aliphatic heterocycles. The smallest absolute Gasteiger partial charge is 0.228 e. The molecule has 0 spiro atoms. The summed E-state index contributed by atoms with van der Waals surface area (Å²) in [6.07, 6.45) is 5.22. The highest BCUT2D eigenvalue weighted by Gasteiger charge is 2.18. The van der Waals surface area contributed by atoms with Gasteiger partial charge >= 0.3 is 0 Å². The quantitative estimate of drug-likeness (QED) is 0.869. The number of halogens is 1. The summed E-state index contributed by atoms with van der Waals surface area (Å²) in [6.45, 7) is 6.00. The number of hydrogen-bond donors (Lipinski definition) is 2. The first-order valence-corrected chi connectivity index (χ1v) is 7.44. The molecule has 1 saturated carbocycles. The van der Waals surface area contributed by atoms with E-state index in [0.717, 1.165) is 19.0 Å². The Morgan fingerprint density at radius 3 is 2.32 bits per heavy atom. The molecule has 6 heteroatoms. The van der Waals surface area contributed by atoms with E-state index < -0.39 is 0 Å². The molecule has 5 nitrogen and oxygen atoms in total. The van der Waals surface area contributed by atoms with Crippen LogP contribution in [0.15, 0.2) is 0 Å². The second kappa shape index (κ2) is 6.89. The van der Waals surface area contributed by atoms with E-state index in [1.54, 1.807) is 0 Å². The van der Waals surface area contributed by atoms with Gasteiger partial charge in [0, 0.05) is 13.1 Å². The van der Waals surface area contributed by atoms with Crippen molar-refractivity contribution in [3.05, 3.63) is 5.28 Å². The molecule has 0 saturated heterocycles. The van der Waals surface area contributed by atoms with E-state index in [4.69, 9.17) is 11.6 Å². The van der Waals surface area contributed by atoms with Crippen LogP contribution in [0.2, 0.25) is 5.28 Å². The SMILES string of the molecule is CCNc1nc(Cl)nc(NCC2CCC(C)CC2)n1. The van der Waals surface area contributed by atoms with Crippen LogP contribution in [0, 0.1) is 11.8 Å². The fourth-order valence-corrected chi connectivity index (χ4v) is 2.60. The van der Waals surface area contributed by atoms with Gasteiger partial charge in [0.05, 0.1) is 0 Å². The molecular weight excluding hydrogens is 262 g/mol. The molecule has 1 fully saturated rings. The summed E-state index contributed by atoms with van der Waals surface area (Å²) in [5, 5.41) is 6.56. The maximum absolute atomic E-state index is 5.88. The summed E-state index contributed by atoms with van der Waals surface area (Å²) in [5.74, 6) is 2.69. The molecule has 0 bridgehead atoms. The summed E-state index contributed by atoms with van der Waals surface area (Å²) >= 11 is 5.88.